The van der Waals surface area contributed by atoms with E-state index in [4.69, 9.17) is 4.42 Å². The summed E-state index contributed by atoms with van der Waals surface area (Å²) in [6.07, 6.45) is 7.30. The molecule has 0 aromatic carbocycles. The van der Waals surface area contributed by atoms with E-state index in [0.717, 1.165) is 12.5 Å². The fourth-order valence-electron chi connectivity index (χ4n) is 2.05. The molecular weight excluding hydrogens is 186 g/mol. The van der Waals surface area contributed by atoms with Crippen molar-refractivity contribution in [3.8, 4) is 0 Å². The summed E-state index contributed by atoms with van der Waals surface area (Å²) in [5.41, 5.74) is 1.23. The van der Waals surface area contributed by atoms with Crippen LogP contribution in [0.15, 0.2) is 23.0 Å². The van der Waals surface area contributed by atoms with Gasteiger partial charge < -0.3 is 9.73 Å². The average molecular weight is 209 g/mol. The summed E-state index contributed by atoms with van der Waals surface area (Å²) in [6.45, 7) is 7.75. The third-order valence-corrected chi connectivity index (χ3v) is 3.02. The standard InChI is InChI=1S/C13H23NO/c1-4-6-11(3)13(5-2)14-9-12-7-8-15-10-12/h7-8,10-11,13-14H,4-6,9H2,1-3H3. The van der Waals surface area contributed by atoms with Gasteiger partial charge in [-0.05, 0) is 24.8 Å². The number of hydrogen-bond donors (Lipinski definition) is 1. The van der Waals surface area contributed by atoms with Crippen LogP contribution in [0.4, 0.5) is 0 Å². The van der Waals surface area contributed by atoms with E-state index < -0.39 is 0 Å². The smallest absolute Gasteiger partial charge is 0.0947 e. The van der Waals surface area contributed by atoms with E-state index in [1.807, 2.05) is 12.3 Å². The topological polar surface area (TPSA) is 25.2 Å². The Morgan fingerprint density at radius 3 is 2.73 bits per heavy atom. The molecule has 86 valence electrons. The first-order chi connectivity index (χ1) is 7.27. The molecule has 1 rings (SSSR count). The molecule has 2 nitrogen and oxygen atoms in total. The van der Waals surface area contributed by atoms with Gasteiger partial charge in [0.15, 0.2) is 0 Å². The molecule has 0 aliphatic rings. The average Bonchev–Trinajstić information content (AvgIpc) is 2.72. The van der Waals surface area contributed by atoms with Crippen LogP contribution in [0.5, 0.6) is 0 Å². The second kappa shape index (κ2) is 6.67. The molecule has 0 fully saturated rings. The highest BCUT2D eigenvalue weighted by molar-refractivity contribution is 5.04. The molecule has 0 spiro atoms. The summed E-state index contributed by atoms with van der Waals surface area (Å²) in [4.78, 5) is 0. The molecule has 0 aliphatic carbocycles. The van der Waals surface area contributed by atoms with E-state index in [9.17, 15) is 0 Å². The van der Waals surface area contributed by atoms with Gasteiger partial charge in [-0.2, -0.15) is 0 Å². The normalized spacial score (nSPS) is 15.1. The van der Waals surface area contributed by atoms with E-state index in [0.29, 0.717) is 6.04 Å². The second-order valence-corrected chi connectivity index (χ2v) is 4.29. The molecule has 0 radical (unpaired) electrons. The zero-order chi connectivity index (χ0) is 11.1. The van der Waals surface area contributed by atoms with Gasteiger partial charge in [-0.1, -0.05) is 27.2 Å². The van der Waals surface area contributed by atoms with Crippen LogP contribution in [0.25, 0.3) is 0 Å². The summed E-state index contributed by atoms with van der Waals surface area (Å²) >= 11 is 0. The van der Waals surface area contributed by atoms with Crippen molar-refractivity contribution in [1.82, 2.24) is 5.32 Å². The van der Waals surface area contributed by atoms with E-state index in [-0.39, 0.29) is 0 Å². The molecular formula is C13H23NO. The maximum Gasteiger partial charge on any atom is 0.0947 e. The summed E-state index contributed by atoms with van der Waals surface area (Å²) in [5.74, 6) is 0.756. The van der Waals surface area contributed by atoms with Crippen LogP contribution in [0, 0.1) is 5.92 Å². The Kier molecular flexibility index (Phi) is 5.48. The summed E-state index contributed by atoms with van der Waals surface area (Å²) in [7, 11) is 0. The molecule has 0 saturated carbocycles. The molecule has 0 amide bonds. The van der Waals surface area contributed by atoms with Gasteiger partial charge in [-0.25, -0.2) is 0 Å². The van der Waals surface area contributed by atoms with Crippen molar-refractivity contribution in [2.24, 2.45) is 5.92 Å². The first-order valence-corrected chi connectivity index (χ1v) is 6.02. The zero-order valence-corrected chi connectivity index (χ0v) is 10.1. The van der Waals surface area contributed by atoms with Crippen LogP contribution in [-0.2, 0) is 6.54 Å². The molecule has 0 aliphatic heterocycles. The lowest BCUT2D eigenvalue weighted by Gasteiger charge is -2.23. The Balaban J connectivity index is 2.33. The Bertz CT molecular complexity index is 243. The summed E-state index contributed by atoms with van der Waals surface area (Å²) in [5, 5.41) is 3.60. The Morgan fingerprint density at radius 2 is 2.20 bits per heavy atom. The first kappa shape index (κ1) is 12.3. The molecule has 2 atom stereocenters. The molecule has 0 bridgehead atoms. The zero-order valence-electron chi connectivity index (χ0n) is 10.1. The van der Waals surface area contributed by atoms with Crippen LogP contribution >= 0.6 is 0 Å². The minimum absolute atomic E-state index is 0.625. The van der Waals surface area contributed by atoms with Crippen molar-refractivity contribution >= 4 is 0 Å². The highest BCUT2D eigenvalue weighted by Gasteiger charge is 2.13. The van der Waals surface area contributed by atoms with Crippen molar-refractivity contribution in [2.45, 2.75) is 52.6 Å². The van der Waals surface area contributed by atoms with E-state index in [1.165, 1.54) is 24.8 Å². The molecule has 1 aromatic heterocycles. The van der Waals surface area contributed by atoms with Gasteiger partial charge in [0.05, 0.1) is 12.5 Å². The van der Waals surface area contributed by atoms with Gasteiger partial charge in [0, 0.05) is 18.2 Å². The number of hydrogen-bond acceptors (Lipinski definition) is 2. The monoisotopic (exact) mass is 209 g/mol. The fourth-order valence-corrected chi connectivity index (χ4v) is 2.05. The third-order valence-electron chi connectivity index (χ3n) is 3.02. The van der Waals surface area contributed by atoms with Crippen molar-refractivity contribution in [3.05, 3.63) is 24.2 Å². The quantitative estimate of drug-likeness (QED) is 0.742. The minimum Gasteiger partial charge on any atom is -0.472 e. The Labute approximate surface area is 93.1 Å². The lowest BCUT2D eigenvalue weighted by molar-refractivity contribution is 0.343. The van der Waals surface area contributed by atoms with Gasteiger partial charge >= 0.3 is 0 Å². The van der Waals surface area contributed by atoms with Crippen LogP contribution in [0.2, 0.25) is 0 Å². The van der Waals surface area contributed by atoms with Gasteiger partial charge in [0.25, 0.3) is 0 Å². The van der Waals surface area contributed by atoms with Gasteiger partial charge in [0.1, 0.15) is 0 Å². The molecule has 2 heteroatoms. The molecule has 0 saturated heterocycles. The molecule has 1 heterocycles. The Hall–Kier alpha value is -0.760. The van der Waals surface area contributed by atoms with Gasteiger partial charge in [-0.3, -0.25) is 0 Å². The number of nitrogens with one attached hydrogen (secondary N) is 1. The molecule has 1 N–H and O–H groups in total. The highest BCUT2D eigenvalue weighted by Crippen LogP contribution is 2.14. The molecule has 15 heavy (non-hydrogen) atoms. The maximum absolute atomic E-state index is 5.05. The Morgan fingerprint density at radius 1 is 1.40 bits per heavy atom. The van der Waals surface area contributed by atoms with E-state index in [2.05, 4.69) is 26.1 Å². The summed E-state index contributed by atoms with van der Waals surface area (Å²) < 4.78 is 5.05. The van der Waals surface area contributed by atoms with Gasteiger partial charge in [0.2, 0.25) is 0 Å². The van der Waals surface area contributed by atoms with E-state index >= 15 is 0 Å². The van der Waals surface area contributed by atoms with Crippen LogP contribution < -0.4 is 5.32 Å². The van der Waals surface area contributed by atoms with Crippen molar-refractivity contribution in [2.75, 3.05) is 0 Å². The molecule has 2 unspecified atom stereocenters. The summed E-state index contributed by atoms with van der Waals surface area (Å²) in [6, 6.07) is 2.64. The third kappa shape index (κ3) is 4.08. The largest absolute Gasteiger partial charge is 0.472 e. The van der Waals surface area contributed by atoms with E-state index in [1.54, 1.807) is 6.26 Å². The van der Waals surface area contributed by atoms with Gasteiger partial charge in [-0.15, -0.1) is 0 Å². The molecule has 1 aromatic rings. The second-order valence-electron chi connectivity index (χ2n) is 4.29. The first-order valence-electron chi connectivity index (χ1n) is 6.02. The fraction of sp³-hybridized carbons (Fsp3) is 0.692. The predicted octanol–water partition coefficient (Wildman–Crippen LogP) is 3.58. The van der Waals surface area contributed by atoms with Crippen LogP contribution in [0.3, 0.4) is 0 Å². The van der Waals surface area contributed by atoms with Crippen LogP contribution in [-0.4, -0.2) is 6.04 Å². The van der Waals surface area contributed by atoms with Crippen molar-refractivity contribution in [1.29, 1.82) is 0 Å². The predicted molar refractivity (Wildman–Crippen MR) is 63.7 cm³/mol. The lowest BCUT2D eigenvalue weighted by atomic mass is 9.95. The number of rotatable bonds is 7. The highest BCUT2D eigenvalue weighted by atomic mass is 16.3. The van der Waals surface area contributed by atoms with Crippen molar-refractivity contribution < 1.29 is 4.42 Å². The minimum atomic E-state index is 0.625. The van der Waals surface area contributed by atoms with Crippen LogP contribution in [0.1, 0.15) is 45.6 Å². The van der Waals surface area contributed by atoms with Crippen molar-refractivity contribution in [3.63, 3.8) is 0 Å². The maximum atomic E-state index is 5.05. The number of furan rings is 1. The SMILES string of the molecule is CCCC(C)C(CC)NCc1ccoc1. The lowest BCUT2D eigenvalue weighted by Crippen LogP contribution is -2.33.